The topological polar surface area (TPSA) is 75.4 Å². The molecule has 0 aliphatic carbocycles. The molecule has 1 atom stereocenters. The van der Waals surface area contributed by atoms with E-state index >= 15 is 0 Å². The van der Waals surface area contributed by atoms with Crippen molar-refractivity contribution in [3.05, 3.63) is 53.7 Å². The van der Waals surface area contributed by atoms with Crippen molar-refractivity contribution < 1.29 is 14.0 Å². The lowest BCUT2D eigenvalue weighted by Gasteiger charge is -2.32. The van der Waals surface area contributed by atoms with Crippen LogP contribution < -0.4 is 5.32 Å². The van der Waals surface area contributed by atoms with Crippen LogP contribution in [0.15, 0.2) is 41.1 Å². The van der Waals surface area contributed by atoms with E-state index in [1.54, 1.807) is 23.2 Å². The summed E-state index contributed by atoms with van der Waals surface area (Å²) < 4.78 is 5.17. The van der Waals surface area contributed by atoms with Crippen LogP contribution in [0.1, 0.15) is 34.7 Å². The summed E-state index contributed by atoms with van der Waals surface area (Å²) in [5.74, 6) is 0.153. The number of rotatable bonds is 4. The number of amides is 2. The van der Waals surface area contributed by atoms with Crippen molar-refractivity contribution in [1.82, 2.24) is 15.2 Å². The highest BCUT2D eigenvalue weighted by molar-refractivity contribution is 5.91. The molecule has 2 aromatic rings. The van der Waals surface area contributed by atoms with E-state index in [2.05, 4.69) is 10.3 Å². The van der Waals surface area contributed by atoms with Crippen molar-refractivity contribution in [3.63, 3.8) is 0 Å². The SMILES string of the molecule is Cc1cccnc1CC(=O)N[C@@H]1CCCN(C(=O)c2ccco2)C1. The van der Waals surface area contributed by atoms with Crippen LogP contribution >= 0.6 is 0 Å². The molecule has 1 aliphatic heterocycles. The largest absolute Gasteiger partial charge is 0.459 e. The van der Waals surface area contributed by atoms with Crippen molar-refractivity contribution in [3.8, 4) is 0 Å². The van der Waals surface area contributed by atoms with Crippen molar-refractivity contribution >= 4 is 11.8 Å². The number of nitrogens with one attached hydrogen (secondary N) is 1. The molecule has 1 aliphatic rings. The normalized spacial score (nSPS) is 17.5. The number of piperidine rings is 1. The molecule has 0 spiro atoms. The zero-order chi connectivity index (χ0) is 16.9. The molecule has 1 saturated heterocycles. The summed E-state index contributed by atoms with van der Waals surface area (Å²) in [4.78, 5) is 30.6. The Kier molecular flexibility index (Phi) is 4.93. The first-order valence-corrected chi connectivity index (χ1v) is 8.16. The number of carbonyl (C=O) groups is 2. The number of aromatic nitrogens is 1. The van der Waals surface area contributed by atoms with Gasteiger partial charge in [-0.25, -0.2) is 0 Å². The lowest BCUT2D eigenvalue weighted by molar-refractivity contribution is -0.121. The molecular formula is C18H21N3O3. The van der Waals surface area contributed by atoms with Gasteiger partial charge < -0.3 is 14.6 Å². The van der Waals surface area contributed by atoms with Gasteiger partial charge in [0.05, 0.1) is 18.4 Å². The summed E-state index contributed by atoms with van der Waals surface area (Å²) in [6.07, 6.45) is 5.18. The second kappa shape index (κ2) is 7.29. The minimum absolute atomic E-state index is 0.0332. The lowest BCUT2D eigenvalue weighted by atomic mass is 10.0. The number of nitrogens with zero attached hydrogens (tertiary/aromatic N) is 2. The van der Waals surface area contributed by atoms with E-state index in [1.165, 1.54) is 6.26 Å². The Bertz CT molecular complexity index is 712. The second-order valence-electron chi connectivity index (χ2n) is 6.08. The molecule has 24 heavy (non-hydrogen) atoms. The first-order valence-electron chi connectivity index (χ1n) is 8.16. The number of aryl methyl sites for hydroxylation is 1. The summed E-state index contributed by atoms with van der Waals surface area (Å²) >= 11 is 0. The fourth-order valence-electron chi connectivity index (χ4n) is 2.97. The minimum atomic E-state index is -0.125. The molecule has 2 amide bonds. The van der Waals surface area contributed by atoms with Crippen LogP contribution in [0.3, 0.4) is 0 Å². The summed E-state index contributed by atoms with van der Waals surface area (Å²) in [6, 6.07) is 7.13. The maximum absolute atomic E-state index is 12.3. The highest BCUT2D eigenvalue weighted by Gasteiger charge is 2.26. The zero-order valence-corrected chi connectivity index (χ0v) is 13.7. The van der Waals surface area contributed by atoms with Crippen molar-refractivity contribution in [1.29, 1.82) is 0 Å². The standard InChI is InChI=1S/C18H21N3O3/c1-13-5-2-8-19-15(13)11-17(22)20-14-6-3-9-21(12-14)18(23)16-7-4-10-24-16/h2,4-5,7-8,10,14H,3,6,9,11-12H2,1H3,(H,20,22)/t14-/m1/s1. The Balaban J connectivity index is 1.56. The molecule has 0 aromatic carbocycles. The molecular weight excluding hydrogens is 306 g/mol. The van der Waals surface area contributed by atoms with Gasteiger partial charge in [0.25, 0.3) is 5.91 Å². The first-order chi connectivity index (χ1) is 11.6. The molecule has 0 unspecified atom stereocenters. The number of pyridine rings is 1. The van der Waals surface area contributed by atoms with Crippen LogP contribution in [0, 0.1) is 6.92 Å². The summed E-state index contributed by atoms with van der Waals surface area (Å²) in [6.45, 7) is 3.14. The Morgan fingerprint density at radius 3 is 3.00 bits per heavy atom. The van der Waals surface area contributed by atoms with Crippen LogP contribution in [0.4, 0.5) is 0 Å². The second-order valence-corrected chi connectivity index (χ2v) is 6.08. The quantitative estimate of drug-likeness (QED) is 0.931. The minimum Gasteiger partial charge on any atom is -0.459 e. The fourth-order valence-corrected chi connectivity index (χ4v) is 2.97. The number of hydrogen-bond acceptors (Lipinski definition) is 4. The Hall–Kier alpha value is -2.63. The van der Waals surface area contributed by atoms with Crippen LogP contribution in [0.5, 0.6) is 0 Å². The Labute approximate surface area is 140 Å². The predicted octanol–water partition coefficient (Wildman–Crippen LogP) is 1.95. The van der Waals surface area contributed by atoms with Gasteiger partial charge in [-0.05, 0) is 43.5 Å². The number of carbonyl (C=O) groups excluding carboxylic acids is 2. The molecule has 0 radical (unpaired) electrons. The van der Waals surface area contributed by atoms with Gasteiger partial charge in [0.1, 0.15) is 0 Å². The van der Waals surface area contributed by atoms with Crippen molar-refractivity contribution in [2.45, 2.75) is 32.2 Å². The maximum atomic E-state index is 12.3. The van der Waals surface area contributed by atoms with Gasteiger partial charge in [0, 0.05) is 25.3 Å². The predicted molar refractivity (Wildman–Crippen MR) is 88.5 cm³/mol. The van der Waals surface area contributed by atoms with Gasteiger partial charge in [0.15, 0.2) is 5.76 Å². The Morgan fingerprint density at radius 2 is 2.25 bits per heavy atom. The molecule has 6 heteroatoms. The molecule has 0 bridgehead atoms. The van der Waals surface area contributed by atoms with Crippen molar-refractivity contribution in [2.24, 2.45) is 0 Å². The number of hydrogen-bond donors (Lipinski definition) is 1. The smallest absolute Gasteiger partial charge is 0.289 e. The maximum Gasteiger partial charge on any atom is 0.289 e. The van der Waals surface area contributed by atoms with Crippen LogP contribution in [0.25, 0.3) is 0 Å². The van der Waals surface area contributed by atoms with Crippen LogP contribution in [-0.4, -0.2) is 40.8 Å². The first kappa shape index (κ1) is 16.2. The van der Waals surface area contributed by atoms with Gasteiger partial charge in [-0.3, -0.25) is 14.6 Å². The van der Waals surface area contributed by atoms with Gasteiger partial charge in [-0.15, -0.1) is 0 Å². The number of likely N-dealkylation sites (tertiary alicyclic amines) is 1. The molecule has 1 fully saturated rings. The average Bonchev–Trinajstić information content (AvgIpc) is 3.11. The third kappa shape index (κ3) is 3.82. The van der Waals surface area contributed by atoms with E-state index in [-0.39, 0.29) is 24.3 Å². The highest BCUT2D eigenvalue weighted by Crippen LogP contribution is 2.14. The average molecular weight is 327 g/mol. The van der Waals surface area contributed by atoms with E-state index in [1.807, 2.05) is 19.1 Å². The monoisotopic (exact) mass is 327 g/mol. The van der Waals surface area contributed by atoms with Gasteiger partial charge >= 0.3 is 0 Å². The van der Waals surface area contributed by atoms with E-state index in [0.29, 0.717) is 18.8 Å². The highest BCUT2D eigenvalue weighted by atomic mass is 16.3. The van der Waals surface area contributed by atoms with E-state index in [9.17, 15) is 9.59 Å². The fraction of sp³-hybridized carbons (Fsp3) is 0.389. The molecule has 126 valence electrons. The lowest BCUT2D eigenvalue weighted by Crippen LogP contribution is -2.49. The third-order valence-electron chi connectivity index (χ3n) is 4.25. The van der Waals surface area contributed by atoms with Crippen molar-refractivity contribution in [2.75, 3.05) is 13.1 Å². The van der Waals surface area contributed by atoms with E-state index < -0.39 is 0 Å². The molecule has 2 aromatic heterocycles. The molecule has 0 saturated carbocycles. The van der Waals surface area contributed by atoms with Crippen LogP contribution in [0.2, 0.25) is 0 Å². The van der Waals surface area contributed by atoms with Gasteiger partial charge in [-0.1, -0.05) is 6.07 Å². The third-order valence-corrected chi connectivity index (χ3v) is 4.25. The molecule has 3 heterocycles. The molecule has 1 N–H and O–H groups in total. The summed E-state index contributed by atoms with van der Waals surface area (Å²) in [7, 11) is 0. The zero-order valence-electron chi connectivity index (χ0n) is 13.7. The summed E-state index contributed by atoms with van der Waals surface area (Å²) in [5.41, 5.74) is 1.79. The Morgan fingerprint density at radius 1 is 1.38 bits per heavy atom. The number of furan rings is 1. The van der Waals surface area contributed by atoms with Gasteiger partial charge in [-0.2, -0.15) is 0 Å². The van der Waals surface area contributed by atoms with Crippen LogP contribution in [-0.2, 0) is 11.2 Å². The van der Waals surface area contributed by atoms with Gasteiger partial charge in [0.2, 0.25) is 5.91 Å². The molecule has 3 rings (SSSR count). The summed E-state index contributed by atoms with van der Waals surface area (Å²) in [5, 5.41) is 3.02. The van der Waals surface area contributed by atoms with E-state index in [4.69, 9.17) is 4.42 Å². The van der Waals surface area contributed by atoms with E-state index in [0.717, 1.165) is 24.1 Å². The molecule has 6 nitrogen and oxygen atoms in total.